The Bertz CT molecular complexity index is 905. The molecule has 0 N–H and O–H groups in total. The van der Waals surface area contributed by atoms with Crippen LogP contribution in [0.3, 0.4) is 0 Å². The standard InChI is InChI=1S/C23H27N5O2/c1-3-7-24-20(5-1)21-6-2-4-8-28(21)22-17-19(26-9-13-29-14-10-26)18-25-23(22)27-11-15-30-16-12-27/h1-8,17-18,21H,9-16H2. The molecule has 2 fully saturated rings. The molecule has 0 aliphatic carbocycles. The highest BCUT2D eigenvalue weighted by Crippen LogP contribution is 2.38. The third-order valence-electron chi connectivity index (χ3n) is 5.74. The predicted octanol–water partition coefficient (Wildman–Crippen LogP) is 2.78. The SMILES string of the molecule is C1=CC(c2ccccn2)N(c2cc(N3CCOCC3)cnc2N2CCOCC2)C=C1. The second kappa shape index (κ2) is 8.85. The van der Waals surface area contributed by atoms with E-state index in [4.69, 9.17) is 14.5 Å². The van der Waals surface area contributed by atoms with Crippen LogP contribution in [-0.2, 0) is 9.47 Å². The van der Waals surface area contributed by atoms with Crippen LogP contribution in [0.1, 0.15) is 11.7 Å². The van der Waals surface area contributed by atoms with Gasteiger partial charge in [-0.15, -0.1) is 0 Å². The molecule has 156 valence electrons. The van der Waals surface area contributed by atoms with Crippen molar-refractivity contribution in [1.82, 2.24) is 9.97 Å². The quantitative estimate of drug-likeness (QED) is 0.775. The van der Waals surface area contributed by atoms with Crippen molar-refractivity contribution in [2.45, 2.75) is 6.04 Å². The van der Waals surface area contributed by atoms with Crippen molar-refractivity contribution in [2.75, 3.05) is 67.3 Å². The Balaban J connectivity index is 1.56. The van der Waals surface area contributed by atoms with Crippen molar-refractivity contribution in [2.24, 2.45) is 0 Å². The fraction of sp³-hybridized carbons (Fsp3) is 0.391. The van der Waals surface area contributed by atoms with Gasteiger partial charge in [0.25, 0.3) is 0 Å². The summed E-state index contributed by atoms with van der Waals surface area (Å²) < 4.78 is 11.1. The highest BCUT2D eigenvalue weighted by Gasteiger charge is 2.27. The number of ether oxygens (including phenoxy) is 2. The van der Waals surface area contributed by atoms with Crippen LogP contribution >= 0.6 is 0 Å². The van der Waals surface area contributed by atoms with Crippen molar-refractivity contribution in [3.8, 4) is 0 Å². The Morgan fingerprint density at radius 1 is 0.867 bits per heavy atom. The first-order chi connectivity index (χ1) is 14.9. The van der Waals surface area contributed by atoms with Gasteiger partial charge in [-0.1, -0.05) is 18.2 Å². The van der Waals surface area contributed by atoms with Gasteiger partial charge in [-0.3, -0.25) is 4.98 Å². The van der Waals surface area contributed by atoms with E-state index in [1.807, 2.05) is 24.5 Å². The monoisotopic (exact) mass is 405 g/mol. The first-order valence-electron chi connectivity index (χ1n) is 10.6. The van der Waals surface area contributed by atoms with Crippen molar-refractivity contribution < 1.29 is 9.47 Å². The van der Waals surface area contributed by atoms with E-state index in [0.717, 1.165) is 75.5 Å². The van der Waals surface area contributed by atoms with Gasteiger partial charge in [0.2, 0.25) is 0 Å². The van der Waals surface area contributed by atoms with E-state index in [1.54, 1.807) is 0 Å². The topological polar surface area (TPSA) is 54.0 Å². The lowest BCUT2D eigenvalue weighted by Crippen LogP contribution is -2.39. The molecule has 3 aliphatic heterocycles. The van der Waals surface area contributed by atoms with Crippen LogP contribution in [0.15, 0.2) is 61.1 Å². The molecule has 7 heteroatoms. The molecular weight excluding hydrogens is 378 g/mol. The van der Waals surface area contributed by atoms with Crippen LogP contribution in [-0.4, -0.2) is 62.6 Å². The van der Waals surface area contributed by atoms with Crippen molar-refractivity contribution in [1.29, 1.82) is 0 Å². The molecule has 0 aromatic carbocycles. The molecule has 5 rings (SSSR count). The molecule has 0 bridgehead atoms. The summed E-state index contributed by atoms with van der Waals surface area (Å²) in [5.74, 6) is 0.996. The average Bonchev–Trinajstić information content (AvgIpc) is 2.85. The summed E-state index contributed by atoms with van der Waals surface area (Å²) in [7, 11) is 0. The van der Waals surface area contributed by atoms with E-state index in [9.17, 15) is 0 Å². The second-order valence-electron chi connectivity index (χ2n) is 7.57. The summed E-state index contributed by atoms with van der Waals surface area (Å²) in [6.07, 6.45) is 12.3. The first-order valence-corrected chi connectivity index (χ1v) is 10.6. The van der Waals surface area contributed by atoms with Crippen molar-refractivity contribution >= 4 is 17.2 Å². The molecule has 2 aromatic heterocycles. The molecule has 0 radical (unpaired) electrons. The minimum atomic E-state index is 0.0257. The molecule has 3 aliphatic rings. The van der Waals surface area contributed by atoms with Gasteiger partial charge >= 0.3 is 0 Å². The molecule has 7 nitrogen and oxygen atoms in total. The number of rotatable bonds is 4. The first kappa shape index (κ1) is 19.1. The number of hydrogen-bond acceptors (Lipinski definition) is 7. The average molecular weight is 406 g/mol. The van der Waals surface area contributed by atoms with Crippen LogP contribution in [0.4, 0.5) is 17.2 Å². The fourth-order valence-electron chi connectivity index (χ4n) is 4.16. The Labute approximate surface area is 177 Å². The summed E-state index contributed by atoms with van der Waals surface area (Å²) in [5.41, 5.74) is 3.24. The third kappa shape index (κ3) is 3.91. The van der Waals surface area contributed by atoms with Gasteiger partial charge in [-0.2, -0.15) is 0 Å². The van der Waals surface area contributed by atoms with Gasteiger partial charge in [0.15, 0.2) is 5.82 Å². The largest absolute Gasteiger partial charge is 0.378 e. The Morgan fingerprint density at radius 2 is 1.63 bits per heavy atom. The van der Waals surface area contributed by atoms with Crippen LogP contribution in [0.5, 0.6) is 0 Å². The number of morpholine rings is 2. The van der Waals surface area contributed by atoms with Crippen LogP contribution < -0.4 is 14.7 Å². The van der Waals surface area contributed by atoms with E-state index >= 15 is 0 Å². The zero-order valence-corrected chi connectivity index (χ0v) is 17.1. The van der Waals surface area contributed by atoms with E-state index < -0.39 is 0 Å². The molecule has 0 spiro atoms. The number of allylic oxidation sites excluding steroid dienone is 2. The molecule has 2 aromatic rings. The lowest BCUT2D eigenvalue weighted by molar-refractivity contribution is 0.122. The van der Waals surface area contributed by atoms with Gasteiger partial charge in [0.05, 0.1) is 55.7 Å². The van der Waals surface area contributed by atoms with Crippen LogP contribution in [0.25, 0.3) is 0 Å². The highest BCUT2D eigenvalue weighted by atomic mass is 16.5. The van der Waals surface area contributed by atoms with Crippen molar-refractivity contribution in [3.63, 3.8) is 0 Å². The molecule has 1 unspecified atom stereocenters. The normalized spacial score (nSPS) is 21.9. The van der Waals surface area contributed by atoms with Gasteiger partial charge < -0.3 is 24.2 Å². The fourth-order valence-corrected chi connectivity index (χ4v) is 4.16. The highest BCUT2D eigenvalue weighted by molar-refractivity contribution is 5.75. The van der Waals surface area contributed by atoms with Crippen LogP contribution in [0, 0.1) is 0 Å². The van der Waals surface area contributed by atoms with Gasteiger partial charge in [-0.25, -0.2) is 4.98 Å². The lowest BCUT2D eigenvalue weighted by atomic mass is 10.1. The molecule has 0 saturated carbocycles. The van der Waals surface area contributed by atoms with Gasteiger partial charge in [0.1, 0.15) is 0 Å². The zero-order valence-electron chi connectivity index (χ0n) is 17.1. The number of pyridine rings is 2. The third-order valence-corrected chi connectivity index (χ3v) is 5.74. The predicted molar refractivity (Wildman–Crippen MR) is 118 cm³/mol. The number of nitrogens with zero attached hydrogens (tertiary/aromatic N) is 5. The second-order valence-corrected chi connectivity index (χ2v) is 7.57. The van der Waals surface area contributed by atoms with E-state index in [2.05, 4.69) is 56.2 Å². The van der Waals surface area contributed by atoms with Crippen molar-refractivity contribution in [3.05, 3.63) is 66.8 Å². The van der Waals surface area contributed by atoms with E-state index in [0.29, 0.717) is 0 Å². The Hall–Kier alpha value is -2.90. The maximum absolute atomic E-state index is 5.58. The summed E-state index contributed by atoms with van der Waals surface area (Å²) in [5, 5.41) is 0. The molecular formula is C23H27N5O2. The minimum absolute atomic E-state index is 0.0257. The summed E-state index contributed by atoms with van der Waals surface area (Å²) >= 11 is 0. The molecule has 0 amide bonds. The summed E-state index contributed by atoms with van der Waals surface area (Å²) in [4.78, 5) is 16.5. The molecule has 30 heavy (non-hydrogen) atoms. The number of hydrogen-bond donors (Lipinski definition) is 0. The Morgan fingerprint density at radius 3 is 2.37 bits per heavy atom. The lowest BCUT2D eigenvalue weighted by Gasteiger charge is -2.37. The van der Waals surface area contributed by atoms with E-state index in [-0.39, 0.29) is 6.04 Å². The van der Waals surface area contributed by atoms with E-state index in [1.165, 1.54) is 0 Å². The minimum Gasteiger partial charge on any atom is -0.378 e. The maximum Gasteiger partial charge on any atom is 0.152 e. The van der Waals surface area contributed by atoms with Gasteiger partial charge in [0, 0.05) is 38.6 Å². The molecule has 1 atom stereocenters. The smallest absolute Gasteiger partial charge is 0.152 e. The summed E-state index contributed by atoms with van der Waals surface area (Å²) in [6, 6.07) is 8.36. The number of anilines is 3. The zero-order chi connectivity index (χ0) is 20.2. The molecule has 2 saturated heterocycles. The summed E-state index contributed by atoms with van der Waals surface area (Å²) in [6.45, 7) is 6.43. The molecule has 5 heterocycles. The maximum atomic E-state index is 5.58. The van der Waals surface area contributed by atoms with Gasteiger partial charge in [-0.05, 0) is 24.3 Å². The van der Waals surface area contributed by atoms with Crippen LogP contribution in [0.2, 0.25) is 0 Å². The Kier molecular flexibility index (Phi) is 5.63. The number of aromatic nitrogens is 2.